The average molecular weight is 298 g/mol. The Hall–Kier alpha value is -1.75. The van der Waals surface area contributed by atoms with Gasteiger partial charge >= 0.3 is 5.97 Å². The molecule has 1 aromatic rings. The molecule has 108 valence electrons. The fourth-order valence-corrected chi connectivity index (χ4v) is 2.41. The molecular weight excluding hydrogens is 282 g/mol. The van der Waals surface area contributed by atoms with Crippen LogP contribution in [0, 0.1) is 0 Å². The van der Waals surface area contributed by atoms with Gasteiger partial charge in [-0.3, -0.25) is 4.79 Å². The summed E-state index contributed by atoms with van der Waals surface area (Å²) in [5.74, 6) is -0.735. The van der Waals surface area contributed by atoms with Crippen molar-refractivity contribution in [2.45, 2.75) is 31.9 Å². The van der Waals surface area contributed by atoms with E-state index >= 15 is 0 Å². The van der Waals surface area contributed by atoms with E-state index in [1.807, 2.05) is 0 Å². The van der Waals surface area contributed by atoms with Crippen LogP contribution in [0.25, 0.3) is 0 Å². The average Bonchev–Trinajstić information content (AvgIpc) is 2.90. The number of rotatable bonds is 4. The van der Waals surface area contributed by atoms with Crippen LogP contribution in [0.15, 0.2) is 24.3 Å². The molecule has 0 aromatic heterocycles. The highest BCUT2D eigenvalue weighted by atomic mass is 35.5. The summed E-state index contributed by atoms with van der Waals surface area (Å²) in [5.41, 5.74) is 0. The van der Waals surface area contributed by atoms with Crippen LogP contribution in [-0.4, -0.2) is 40.6 Å². The fraction of sp³-hybridized carbons (Fsp3) is 0.429. The Bertz CT molecular complexity index is 502. The Balaban J connectivity index is 2.01. The van der Waals surface area contributed by atoms with Crippen molar-refractivity contribution in [2.24, 2.45) is 0 Å². The molecule has 0 radical (unpaired) electrons. The van der Waals surface area contributed by atoms with Gasteiger partial charge < -0.3 is 14.7 Å². The number of amides is 1. The first-order valence-corrected chi connectivity index (χ1v) is 6.82. The maximum atomic E-state index is 12.2. The number of halogens is 1. The number of likely N-dealkylation sites (tertiary alicyclic amines) is 1. The summed E-state index contributed by atoms with van der Waals surface area (Å²) in [6.07, 6.45) is 0.474. The highest BCUT2D eigenvalue weighted by Crippen LogP contribution is 2.21. The molecule has 1 aliphatic rings. The van der Waals surface area contributed by atoms with Crippen LogP contribution < -0.4 is 4.74 Å². The third-order valence-electron chi connectivity index (χ3n) is 3.30. The normalized spacial score (nSPS) is 19.7. The molecule has 6 heteroatoms. The Morgan fingerprint density at radius 3 is 2.65 bits per heavy atom. The van der Waals surface area contributed by atoms with Gasteiger partial charge in [0.1, 0.15) is 11.8 Å². The SMILES string of the molecule is CC(Oc1ccc(Cl)cc1)C(=O)N1CCC[C@H]1C(=O)O. The van der Waals surface area contributed by atoms with Crippen molar-refractivity contribution in [1.82, 2.24) is 4.90 Å². The molecule has 1 unspecified atom stereocenters. The number of nitrogens with zero attached hydrogens (tertiary/aromatic N) is 1. The van der Waals surface area contributed by atoms with Gasteiger partial charge in [-0.15, -0.1) is 0 Å². The molecule has 5 nitrogen and oxygen atoms in total. The van der Waals surface area contributed by atoms with Crippen LogP contribution in [0.4, 0.5) is 0 Å². The summed E-state index contributed by atoms with van der Waals surface area (Å²) in [5, 5.41) is 9.67. The summed E-state index contributed by atoms with van der Waals surface area (Å²) >= 11 is 5.77. The van der Waals surface area contributed by atoms with Crippen molar-refractivity contribution < 1.29 is 19.4 Å². The van der Waals surface area contributed by atoms with Crippen molar-refractivity contribution >= 4 is 23.5 Å². The smallest absolute Gasteiger partial charge is 0.326 e. The van der Waals surface area contributed by atoms with E-state index in [-0.39, 0.29) is 5.91 Å². The summed E-state index contributed by atoms with van der Waals surface area (Å²) in [4.78, 5) is 24.7. The Morgan fingerprint density at radius 1 is 1.40 bits per heavy atom. The van der Waals surface area contributed by atoms with Gasteiger partial charge in [0.2, 0.25) is 0 Å². The van der Waals surface area contributed by atoms with E-state index in [4.69, 9.17) is 21.4 Å². The number of aliphatic carboxylic acids is 1. The number of carboxylic acid groups (broad SMARTS) is 1. The first-order chi connectivity index (χ1) is 9.49. The second kappa shape index (κ2) is 6.13. The molecule has 1 aromatic carbocycles. The maximum Gasteiger partial charge on any atom is 0.326 e. The monoisotopic (exact) mass is 297 g/mol. The second-order valence-electron chi connectivity index (χ2n) is 4.74. The fourth-order valence-electron chi connectivity index (χ4n) is 2.29. The summed E-state index contributed by atoms with van der Waals surface area (Å²) < 4.78 is 5.53. The largest absolute Gasteiger partial charge is 0.481 e. The number of benzene rings is 1. The van der Waals surface area contributed by atoms with Crippen LogP contribution in [0.2, 0.25) is 5.02 Å². The highest BCUT2D eigenvalue weighted by molar-refractivity contribution is 6.30. The molecular formula is C14H16ClNO4. The van der Waals surface area contributed by atoms with E-state index in [1.165, 1.54) is 4.90 Å². The predicted molar refractivity (Wildman–Crippen MR) is 73.9 cm³/mol. The van der Waals surface area contributed by atoms with E-state index in [2.05, 4.69) is 0 Å². The minimum atomic E-state index is -0.963. The van der Waals surface area contributed by atoms with Crippen LogP contribution in [-0.2, 0) is 9.59 Å². The third kappa shape index (κ3) is 3.22. The van der Waals surface area contributed by atoms with Crippen molar-refractivity contribution in [1.29, 1.82) is 0 Å². The minimum absolute atomic E-state index is 0.301. The third-order valence-corrected chi connectivity index (χ3v) is 3.55. The van der Waals surface area contributed by atoms with Crippen LogP contribution in [0.1, 0.15) is 19.8 Å². The standard InChI is InChI=1S/C14H16ClNO4/c1-9(20-11-6-4-10(15)5-7-11)13(17)16-8-2-3-12(16)14(18)19/h4-7,9,12H,2-3,8H2,1H3,(H,18,19)/t9?,12-/m0/s1. The van der Waals surface area contributed by atoms with Crippen molar-refractivity contribution in [3.05, 3.63) is 29.3 Å². The van der Waals surface area contributed by atoms with Gasteiger partial charge in [0, 0.05) is 11.6 Å². The zero-order chi connectivity index (χ0) is 14.7. The molecule has 1 N–H and O–H groups in total. The van der Waals surface area contributed by atoms with Crippen LogP contribution in [0.3, 0.4) is 0 Å². The van der Waals surface area contributed by atoms with Gasteiger partial charge in [0.15, 0.2) is 6.10 Å². The van der Waals surface area contributed by atoms with Gasteiger partial charge in [0.25, 0.3) is 5.91 Å². The molecule has 1 fully saturated rings. The predicted octanol–water partition coefficient (Wildman–Crippen LogP) is 2.18. The molecule has 1 heterocycles. The number of hydrogen-bond donors (Lipinski definition) is 1. The van der Waals surface area contributed by atoms with Gasteiger partial charge in [-0.2, -0.15) is 0 Å². The minimum Gasteiger partial charge on any atom is -0.481 e. The van der Waals surface area contributed by atoms with E-state index in [9.17, 15) is 9.59 Å². The van der Waals surface area contributed by atoms with Crippen molar-refractivity contribution in [3.63, 3.8) is 0 Å². The molecule has 1 saturated heterocycles. The first-order valence-electron chi connectivity index (χ1n) is 6.44. The van der Waals surface area contributed by atoms with E-state index in [1.54, 1.807) is 31.2 Å². The molecule has 0 saturated carbocycles. The van der Waals surface area contributed by atoms with E-state index in [0.29, 0.717) is 30.2 Å². The highest BCUT2D eigenvalue weighted by Gasteiger charge is 2.36. The molecule has 0 aliphatic carbocycles. The second-order valence-corrected chi connectivity index (χ2v) is 5.18. The van der Waals surface area contributed by atoms with E-state index < -0.39 is 18.1 Å². The summed E-state index contributed by atoms with van der Waals surface area (Å²) in [6.45, 7) is 2.08. The zero-order valence-electron chi connectivity index (χ0n) is 11.1. The topological polar surface area (TPSA) is 66.8 Å². The zero-order valence-corrected chi connectivity index (χ0v) is 11.8. The van der Waals surface area contributed by atoms with Crippen LogP contribution in [0.5, 0.6) is 5.75 Å². The molecule has 1 aliphatic heterocycles. The van der Waals surface area contributed by atoms with Crippen molar-refractivity contribution in [2.75, 3.05) is 6.54 Å². The number of hydrogen-bond acceptors (Lipinski definition) is 3. The Kier molecular flexibility index (Phi) is 4.49. The van der Waals surface area contributed by atoms with Gasteiger partial charge in [0.05, 0.1) is 0 Å². The molecule has 0 bridgehead atoms. The first kappa shape index (κ1) is 14.7. The molecule has 2 rings (SSSR count). The summed E-state index contributed by atoms with van der Waals surface area (Å²) in [6, 6.07) is 5.95. The van der Waals surface area contributed by atoms with Gasteiger partial charge in [-0.1, -0.05) is 11.6 Å². The number of carbonyl (C=O) groups is 2. The lowest BCUT2D eigenvalue weighted by molar-refractivity contribution is -0.150. The Labute approximate surface area is 122 Å². The molecule has 0 spiro atoms. The molecule has 1 amide bonds. The lowest BCUT2D eigenvalue weighted by atomic mass is 10.2. The number of ether oxygens (including phenoxy) is 1. The maximum absolute atomic E-state index is 12.2. The quantitative estimate of drug-likeness (QED) is 0.925. The van der Waals surface area contributed by atoms with Crippen molar-refractivity contribution in [3.8, 4) is 5.75 Å². The van der Waals surface area contributed by atoms with E-state index in [0.717, 1.165) is 0 Å². The molecule has 2 atom stereocenters. The Morgan fingerprint density at radius 2 is 2.05 bits per heavy atom. The van der Waals surface area contributed by atoms with Crippen LogP contribution >= 0.6 is 11.6 Å². The number of carboxylic acids is 1. The molecule has 20 heavy (non-hydrogen) atoms. The lowest BCUT2D eigenvalue weighted by Gasteiger charge is -2.25. The lowest BCUT2D eigenvalue weighted by Crippen LogP contribution is -2.46. The number of carbonyl (C=O) groups excluding carboxylic acids is 1. The summed E-state index contributed by atoms with van der Waals surface area (Å²) in [7, 11) is 0. The van der Waals surface area contributed by atoms with Gasteiger partial charge in [-0.25, -0.2) is 4.79 Å². The van der Waals surface area contributed by atoms with Gasteiger partial charge in [-0.05, 0) is 44.0 Å².